The fourth-order valence-electron chi connectivity index (χ4n) is 11.0. The zero-order valence-electron chi connectivity index (χ0n) is 53.9. The van der Waals surface area contributed by atoms with Crippen molar-refractivity contribution < 1.29 is 46.5 Å². The minimum atomic E-state index is -4.23. The van der Waals surface area contributed by atoms with Gasteiger partial charge in [0.05, 0.1) is 72.9 Å². The Hall–Kier alpha value is -9.40. The molecule has 0 atom stereocenters. The van der Waals surface area contributed by atoms with Crippen molar-refractivity contribution in [3.05, 3.63) is 134 Å². The number of fused-ring (bicyclic) bond motifs is 2. The zero-order chi connectivity index (χ0) is 65.8. The van der Waals surface area contributed by atoms with Crippen molar-refractivity contribution in [3.8, 4) is 45.6 Å². The van der Waals surface area contributed by atoms with Crippen LogP contribution >= 0.6 is 0 Å². The number of anilines is 2. The second-order valence-corrected chi connectivity index (χ2v) is 24.9. The number of hydrogen-bond acceptors (Lipinski definition) is 17. The molecule has 0 aliphatic carbocycles. The number of carbonyl (C=O) groups is 3. The van der Waals surface area contributed by atoms with Crippen LogP contribution in [0, 0.1) is 13.8 Å². The molecule has 5 N–H and O–H groups in total. The number of benzene rings is 4. The van der Waals surface area contributed by atoms with Crippen LogP contribution in [-0.4, -0.2) is 158 Å². The lowest BCUT2D eigenvalue weighted by Crippen LogP contribution is -2.48. The summed E-state index contributed by atoms with van der Waals surface area (Å²) in [6.45, 7) is 15.9. The summed E-state index contributed by atoms with van der Waals surface area (Å²) in [5.74, 6) is 2.14. The summed E-state index contributed by atoms with van der Waals surface area (Å²) in [4.78, 5) is 79.2. The molecule has 26 heteroatoms. The van der Waals surface area contributed by atoms with Crippen LogP contribution in [0.4, 0.5) is 11.5 Å². The Balaban J connectivity index is 0.689. The van der Waals surface area contributed by atoms with Gasteiger partial charge in [0, 0.05) is 138 Å². The van der Waals surface area contributed by atoms with Gasteiger partial charge >= 0.3 is 5.69 Å². The standard InChI is InChI=1S/C66H83N13O12S/c1-11-27-89-47-32-48(34-49(33-47)91-59-37-57-56(75(7)66(84)76(57)8)36-54(59)73-92(85,86)50-15-16-58(87-9)60(35-50)88-10)90-28-13-12-21-74(6)41-63(81)67-19-18-62(80)68-20-22-77-23-25-78(26-24-77)61-17-14-45(38-69-61)46-30-51(53-40-71-79(42(2)3)55(53)31-46)64(82)70-39-52-43(4)29-44(5)72-65(52)83/h14-17,29-38,40,42,73H,11-13,18-28,39,41H2,1-10H3,(H,67,81)(H,68,80)(H,70,82)(H,72,83). The van der Waals surface area contributed by atoms with Gasteiger partial charge in [0.1, 0.15) is 23.1 Å². The number of likely N-dealkylation sites (N-methyl/N-ethyl adjacent to an activating group) is 1. The summed E-state index contributed by atoms with van der Waals surface area (Å²) < 4.78 is 64.5. The number of aromatic nitrogens is 6. The fraction of sp³-hybridized carbons (Fsp3) is 0.409. The van der Waals surface area contributed by atoms with E-state index in [2.05, 4.69) is 40.6 Å². The molecule has 5 heterocycles. The number of hydrogen-bond donors (Lipinski definition) is 5. The van der Waals surface area contributed by atoms with E-state index < -0.39 is 10.0 Å². The minimum Gasteiger partial charge on any atom is -0.493 e. The number of aromatic amines is 1. The third-order valence-electron chi connectivity index (χ3n) is 16.0. The molecule has 1 aliphatic heterocycles. The van der Waals surface area contributed by atoms with E-state index in [1.165, 1.54) is 41.6 Å². The van der Waals surface area contributed by atoms with Gasteiger partial charge in [0.25, 0.3) is 21.5 Å². The van der Waals surface area contributed by atoms with Crippen molar-refractivity contribution in [3.63, 3.8) is 0 Å². The summed E-state index contributed by atoms with van der Waals surface area (Å²) >= 11 is 0. The Morgan fingerprint density at radius 3 is 2.13 bits per heavy atom. The van der Waals surface area contributed by atoms with Crippen molar-refractivity contribution in [1.29, 1.82) is 0 Å². The van der Waals surface area contributed by atoms with E-state index in [9.17, 15) is 32.4 Å². The number of piperazine rings is 1. The first kappa shape index (κ1) is 67.0. The largest absolute Gasteiger partial charge is 0.493 e. The molecule has 0 radical (unpaired) electrons. The van der Waals surface area contributed by atoms with Gasteiger partial charge in [0.15, 0.2) is 17.2 Å². The maximum Gasteiger partial charge on any atom is 0.328 e. The molecule has 0 spiro atoms. The molecule has 4 aromatic carbocycles. The van der Waals surface area contributed by atoms with Gasteiger partial charge in [-0.25, -0.2) is 18.2 Å². The predicted molar refractivity (Wildman–Crippen MR) is 353 cm³/mol. The molecule has 1 aliphatic rings. The number of ether oxygens (including phenoxy) is 5. The first-order valence-corrected chi connectivity index (χ1v) is 32.3. The predicted octanol–water partition coefficient (Wildman–Crippen LogP) is 7.04. The number of nitrogens with zero attached hydrogens (tertiary/aromatic N) is 8. The molecule has 92 heavy (non-hydrogen) atoms. The number of imidazole rings is 1. The maximum atomic E-state index is 13.9. The van der Waals surface area contributed by atoms with Crippen molar-refractivity contribution >= 4 is 61.2 Å². The summed E-state index contributed by atoms with van der Waals surface area (Å²) in [6, 6.07) is 22.3. The highest BCUT2D eigenvalue weighted by Crippen LogP contribution is 2.39. The molecule has 0 bridgehead atoms. The molecule has 490 valence electrons. The average molecular weight is 1280 g/mol. The van der Waals surface area contributed by atoms with Crippen LogP contribution in [0.15, 0.2) is 106 Å². The van der Waals surface area contributed by atoms with E-state index in [-0.39, 0.29) is 83.1 Å². The first-order chi connectivity index (χ1) is 44.1. The van der Waals surface area contributed by atoms with Gasteiger partial charge in [-0.3, -0.25) is 47.5 Å². The van der Waals surface area contributed by atoms with Crippen molar-refractivity contribution in [2.24, 2.45) is 14.1 Å². The van der Waals surface area contributed by atoms with Crippen LogP contribution in [0.5, 0.6) is 34.5 Å². The minimum absolute atomic E-state index is 0.0545. The molecule has 1 saturated heterocycles. The van der Waals surface area contributed by atoms with E-state index in [0.29, 0.717) is 84.4 Å². The van der Waals surface area contributed by atoms with E-state index in [1.807, 2.05) is 87.8 Å². The molecule has 1 fully saturated rings. The molecular weight excluding hydrogens is 1200 g/mol. The third-order valence-corrected chi connectivity index (χ3v) is 17.4. The highest BCUT2D eigenvalue weighted by Gasteiger charge is 2.25. The van der Waals surface area contributed by atoms with Crippen molar-refractivity contribution in [1.82, 2.24) is 54.6 Å². The number of methoxy groups -OCH3 is 2. The smallest absolute Gasteiger partial charge is 0.328 e. The molecule has 0 saturated carbocycles. The third kappa shape index (κ3) is 16.4. The number of pyridine rings is 2. The first-order valence-electron chi connectivity index (χ1n) is 30.8. The Morgan fingerprint density at radius 2 is 1.45 bits per heavy atom. The highest BCUT2D eigenvalue weighted by atomic mass is 32.2. The average Bonchev–Trinajstić information content (AvgIpc) is 1.58. The Morgan fingerprint density at radius 1 is 0.739 bits per heavy atom. The highest BCUT2D eigenvalue weighted by molar-refractivity contribution is 7.92. The molecule has 25 nitrogen and oxygen atoms in total. The normalized spacial score (nSPS) is 12.8. The lowest BCUT2D eigenvalue weighted by Gasteiger charge is -2.35. The van der Waals surface area contributed by atoms with Crippen LogP contribution in [0.1, 0.15) is 79.7 Å². The van der Waals surface area contributed by atoms with Crippen LogP contribution in [0.2, 0.25) is 0 Å². The summed E-state index contributed by atoms with van der Waals surface area (Å²) in [7, 11) is 3.72. The Kier molecular flexibility index (Phi) is 22.0. The lowest BCUT2D eigenvalue weighted by molar-refractivity contribution is -0.122. The van der Waals surface area contributed by atoms with Gasteiger partial charge < -0.3 is 49.5 Å². The van der Waals surface area contributed by atoms with Crippen LogP contribution in [0.25, 0.3) is 33.1 Å². The van der Waals surface area contributed by atoms with E-state index in [1.54, 1.807) is 50.6 Å². The molecule has 8 aromatic rings. The second kappa shape index (κ2) is 30.1. The van der Waals surface area contributed by atoms with Crippen LogP contribution < -0.4 is 60.5 Å². The topological polar surface area (TPSA) is 280 Å². The van der Waals surface area contributed by atoms with Crippen molar-refractivity contribution in [2.75, 3.05) is 103 Å². The molecular formula is C66H83N13O12S. The van der Waals surface area contributed by atoms with Gasteiger partial charge in [-0.1, -0.05) is 6.92 Å². The van der Waals surface area contributed by atoms with Gasteiger partial charge in [-0.2, -0.15) is 5.10 Å². The summed E-state index contributed by atoms with van der Waals surface area (Å²) in [5.41, 5.74) is 5.55. The number of aryl methyl sites for hydroxylation is 4. The van der Waals surface area contributed by atoms with Gasteiger partial charge in [-0.15, -0.1) is 0 Å². The van der Waals surface area contributed by atoms with Gasteiger partial charge in [-0.05, 0) is 120 Å². The summed E-state index contributed by atoms with van der Waals surface area (Å²) in [5, 5.41) is 14.1. The zero-order valence-corrected chi connectivity index (χ0v) is 54.8. The van der Waals surface area contributed by atoms with Crippen LogP contribution in [-0.2, 0) is 40.3 Å². The summed E-state index contributed by atoms with van der Waals surface area (Å²) in [6.07, 6.45) is 5.82. The molecule has 9 rings (SSSR count). The second-order valence-electron chi connectivity index (χ2n) is 23.2. The van der Waals surface area contributed by atoms with Gasteiger partial charge in [0.2, 0.25) is 11.8 Å². The number of rotatable bonds is 30. The maximum absolute atomic E-state index is 13.9. The number of carbonyl (C=O) groups excluding carboxylic acids is 3. The SMILES string of the molecule is CCCOc1cc(OCCCCN(C)CC(=O)NCCC(=O)NCCN2CCN(c3ccc(-c4cc(C(=O)NCc5c(C)cc(C)[nH]c5=O)c5cnn(C(C)C)c5c4)cn3)CC2)cc(Oc2cc3c(cc2NS(=O)(=O)c2ccc(OC)c(OC)c2)n(C)c(=O)n3C)c1. The number of H-pyrrole nitrogens is 1. The Labute approximate surface area is 535 Å². The monoisotopic (exact) mass is 1280 g/mol. The number of unbranched alkanes of at least 4 members (excludes halogenated alkanes) is 1. The fourth-order valence-corrected chi connectivity index (χ4v) is 12.1. The number of sulfonamides is 1. The van der Waals surface area contributed by atoms with E-state index in [4.69, 9.17) is 28.7 Å². The lowest BCUT2D eigenvalue weighted by atomic mass is 10.0. The quantitative estimate of drug-likeness (QED) is 0.0282. The van der Waals surface area contributed by atoms with Crippen molar-refractivity contribution in [2.45, 2.75) is 77.8 Å². The molecule has 0 unspecified atom stereocenters. The van der Waals surface area contributed by atoms with E-state index in [0.717, 1.165) is 78.1 Å². The number of nitrogens with one attached hydrogen (secondary N) is 5. The molecule has 4 aromatic heterocycles. The molecule has 3 amide bonds. The van der Waals surface area contributed by atoms with Crippen LogP contribution in [0.3, 0.4) is 0 Å². The Bertz CT molecular complexity index is 4190. The van der Waals surface area contributed by atoms with E-state index >= 15 is 0 Å². The number of amides is 3.